The third-order valence-electron chi connectivity index (χ3n) is 6.61. The Morgan fingerprint density at radius 1 is 0.759 bits per heavy atom. The molecule has 2 atom stereocenters. The summed E-state index contributed by atoms with van der Waals surface area (Å²) in [6, 6.07) is 0. The van der Waals surface area contributed by atoms with Crippen molar-refractivity contribution in [3.63, 3.8) is 0 Å². The van der Waals surface area contributed by atoms with Gasteiger partial charge in [-0.1, -0.05) is 78.1 Å². The second-order valence-corrected chi connectivity index (χ2v) is 8.46. The molecule has 0 spiro atoms. The molecule has 4 aliphatic carbocycles. The van der Waals surface area contributed by atoms with E-state index in [-0.39, 0.29) is 51.0 Å². The van der Waals surface area contributed by atoms with Crippen molar-refractivity contribution in [2.75, 3.05) is 0 Å². The third-order valence-corrected chi connectivity index (χ3v) is 6.61. The number of unbranched alkanes of at least 4 members (excludes halogenated alkanes) is 2. The van der Waals surface area contributed by atoms with E-state index in [9.17, 15) is 0 Å². The summed E-state index contributed by atoms with van der Waals surface area (Å²) in [5.74, 6) is 5.29. The van der Waals surface area contributed by atoms with Gasteiger partial charge in [0.25, 0.3) is 0 Å². The van der Waals surface area contributed by atoms with E-state index in [1.807, 2.05) is 0 Å². The van der Waals surface area contributed by atoms with Crippen LogP contribution in [0.15, 0.2) is 47.6 Å². The van der Waals surface area contributed by atoms with E-state index in [4.69, 9.17) is 0 Å². The molecular weight excluding hydrogens is 474 g/mol. The normalized spacial score (nSPS) is 23.4. The average Bonchev–Trinajstić information content (AvgIpc) is 3.29. The van der Waals surface area contributed by atoms with Gasteiger partial charge in [0.2, 0.25) is 0 Å². The Labute approximate surface area is 212 Å². The van der Waals surface area contributed by atoms with E-state index in [0.29, 0.717) is 0 Å². The van der Waals surface area contributed by atoms with Gasteiger partial charge < -0.3 is 24.8 Å². The van der Waals surface area contributed by atoms with Crippen LogP contribution in [0.4, 0.5) is 0 Å². The molecule has 29 heavy (non-hydrogen) atoms. The minimum atomic E-state index is 0. The molecule has 0 N–H and O–H groups in total. The zero-order valence-corrected chi connectivity index (χ0v) is 22.3. The van der Waals surface area contributed by atoms with Crippen LogP contribution < -0.4 is 24.8 Å². The summed E-state index contributed by atoms with van der Waals surface area (Å²) < 4.78 is 0. The molecule has 0 aromatic rings. The summed E-state index contributed by atoms with van der Waals surface area (Å²) in [4.78, 5) is 0. The monoisotopic (exact) mass is 510 g/mol. The van der Waals surface area contributed by atoms with Crippen LogP contribution >= 0.6 is 0 Å². The molecule has 0 radical (unpaired) electrons. The number of rotatable bonds is 6. The number of halogens is 2. The van der Waals surface area contributed by atoms with Gasteiger partial charge in [0.15, 0.2) is 0 Å². The molecule has 0 nitrogen and oxygen atoms in total. The predicted molar refractivity (Wildman–Crippen MR) is 115 cm³/mol. The van der Waals surface area contributed by atoms with Crippen LogP contribution in [-0.2, 0) is 26.2 Å². The summed E-state index contributed by atoms with van der Waals surface area (Å²) in [6.45, 7) is 4.56. The van der Waals surface area contributed by atoms with Crippen LogP contribution in [0.2, 0.25) is 0 Å². The first-order valence-electron chi connectivity index (χ1n) is 11.3. The van der Waals surface area contributed by atoms with Gasteiger partial charge in [0.05, 0.1) is 0 Å². The van der Waals surface area contributed by atoms with Crippen molar-refractivity contribution in [2.45, 2.75) is 90.9 Å². The second-order valence-electron chi connectivity index (χ2n) is 8.46. The van der Waals surface area contributed by atoms with Crippen molar-refractivity contribution in [1.82, 2.24) is 0 Å². The predicted octanol–water partition coefficient (Wildman–Crippen LogP) is 2.10. The fourth-order valence-corrected chi connectivity index (χ4v) is 5.02. The van der Waals surface area contributed by atoms with E-state index in [2.05, 4.69) is 50.3 Å². The molecular formula is C26H38Cl2Zr. The molecule has 2 fully saturated rings. The van der Waals surface area contributed by atoms with Crippen LogP contribution in [0.5, 0.6) is 0 Å². The Morgan fingerprint density at radius 3 is 1.55 bits per heavy atom. The SMILES string of the molecule is CCCC[C-]1CCC2CC=CC=C12.CCCC[C-]1CCC2CC=CC=C12.[Cl-].[Cl-].[Zr+4]. The topological polar surface area (TPSA) is 0 Å². The molecule has 160 valence electrons. The smallest absolute Gasteiger partial charge is 1.00 e. The maximum atomic E-state index is 2.35. The fourth-order valence-electron chi connectivity index (χ4n) is 5.02. The first kappa shape index (κ1) is 29.2. The summed E-state index contributed by atoms with van der Waals surface area (Å²) >= 11 is 0. The number of allylic oxidation sites excluding steroid dienone is 8. The van der Waals surface area contributed by atoms with Gasteiger partial charge in [0.1, 0.15) is 0 Å². The maximum absolute atomic E-state index is 2.35. The molecule has 0 saturated heterocycles. The zero-order chi connectivity index (χ0) is 18.2. The van der Waals surface area contributed by atoms with Crippen molar-refractivity contribution in [1.29, 1.82) is 0 Å². The average molecular weight is 513 g/mol. The van der Waals surface area contributed by atoms with Crippen molar-refractivity contribution in [3.05, 3.63) is 59.4 Å². The maximum Gasteiger partial charge on any atom is 4.00 e. The van der Waals surface area contributed by atoms with Gasteiger partial charge in [-0.3, -0.25) is 0 Å². The Morgan fingerprint density at radius 2 is 1.17 bits per heavy atom. The minimum absolute atomic E-state index is 0. The van der Waals surface area contributed by atoms with Gasteiger partial charge in [-0.15, -0.1) is 24.3 Å². The van der Waals surface area contributed by atoms with Crippen LogP contribution in [0.3, 0.4) is 0 Å². The molecule has 2 unspecified atom stereocenters. The standard InChI is InChI=1S/2C13H19.2ClH.Zr/c2*1-2-3-6-11-9-10-12-7-4-5-8-13(11)12;;;/h2*4-5,8,12H,2-3,6-7,9-10H2,1H3;2*1H;/q2*-1;;;+4/p-2. The van der Waals surface area contributed by atoms with E-state index in [0.717, 1.165) is 11.8 Å². The molecule has 0 aromatic heterocycles. The van der Waals surface area contributed by atoms with E-state index in [1.54, 1.807) is 23.0 Å². The summed E-state index contributed by atoms with van der Waals surface area (Å²) in [7, 11) is 0. The largest absolute Gasteiger partial charge is 4.00 e. The zero-order valence-electron chi connectivity index (χ0n) is 18.4. The molecule has 3 heteroatoms. The first-order chi connectivity index (χ1) is 12.8. The Balaban J connectivity index is 0.000000490. The minimum Gasteiger partial charge on any atom is -1.00 e. The fraction of sp³-hybridized carbons (Fsp3) is 0.615. The van der Waals surface area contributed by atoms with Crippen LogP contribution in [0.1, 0.15) is 90.9 Å². The van der Waals surface area contributed by atoms with Crippen molar-refractivity contribution >= 4 is 0 Å². The van der Waals surface area contributed by atoms with Gasteiger partial charge in [0, 0.05) is 0 Å². The van der Waals surface area contributed by atoms with E-state index >= 15 is 0 Å². The van der Waals surface area contributed by atoms with Gasteiger partial charge in [-0.05, 0) is 24.7 Å². The number of hydrogen-bond acceptors (Lipinski definition) is 0. The van der Waals surface area contributed by atoms with Gasteiger partial charge in [-0.2, -0.15) is 0 Å². The van der Waals surface area contributed by atoms with Crippen LogP contribution in [-0.4, -0.2) is 0 Å². The molecule has 0 aliphatic heterocycles. The molecule has 0 amide bonds. The molecule has 0 aromatic carbocycles. The molecule has 4 aliphatic rings. The Kier molecular flexibility index (Phi) is 16.0. The number of hydrogen-bond donors (Lipinski definition) is 0. The van der Waals surface area contributed by atoms with Gasteiger partial charge in [-0.25, -0.2) is 35.1 Å². The Bertz CT molecular complexity index is 511. The third kappa shape index (κ3) is 8.31. The molecule has 2 saturated carbocycles. The number of fused-ring (bicyclic) bond motifs is 2. The first-order valence-corrected chi connectivity index (χ1v) is 11.3. The van der Waals surface area contributed by atoms with Gasteiger partial charge >= 0.3 is 26.2 Å². The van der Waals surface area contributed by atoms with Crippen molar-refractivity contribution in [2.24, 2.45) is 11.8 Å². The quantitative estimate of drug-likeness (QED) is 0.479. The van der Waals surface area contributed by atoms with Crippen molar-refractivity contribution < 1.29 is 51.0 Å². The Hall–Kier alpha value is 0.163. The summed E-state index contributed by atoms with van der Waals surface area (Å²) in [5, 5.41) is 0. The molecule has 0 heterocycles. The summed E-state index contributed by atoms with van der Waals surface area (Å²) in [6.07, 6.45) is 30.1. The van der Waals surface area contributed by atoms with E-state index in [1.165, 1.54) is 77.0 Å². The van der Waals surface area contributed by atoms with Crippen molar-refractivity contribution in [3.8, 4) is 0 Å². The summed E-state index contributed by atoms with van der Waals surface area (Å²) in [5.41, 5.74) is 3.38. The van der Waals surface area contributed by atoms with Crippen LogP contribution in [0.25, 0.3) is 0 Å². The second kappa shape index (κ2) is 15.9. The molecule has 0 bridgehead atoms. The van der Waals surface area contributed by atoms with Crippen LogP contribution in [0, 0.1) is 23.7 Å². The van der Waals surface area contributed by atoms with E-state index < -0.39 is 0 Å². The molecule has 4 rings (SSSR count).